The van der Waals surface area contributed by atoms with E-state index < -0.39 is 0 Å². The summed E-state index contributed by atoms with van der Waals surface area (Å²) in [5, 5.41) is 0. The minimum atomic E-state index is -0.242. The van der Waals surface area contributed by atoms with Crippen LogP contribution in [0.25, 0.3) is 11.3 Å². The number of benzene rings is 1. The van der Waals surface area contributed by atoms with E-state index in [1.807, 2.05) is 51.1 Å². The number of pyridine rings is 1. The Balaban J connectivity index is 2.57. The summed E-state index contributed by atoms with van der Waals surface area (Å²) in [7, 11) is 0. The average Bonchev–Trinajstić information content (AvgIpc) is 2.47. The molecule has 0 aliphatic carbocycles. The predicted octanol–water partition coefficient (Wildman–Crippen LogP) is 3.70. The second-order valence-corrected chi connectivity index (χ2v) is 5.41. The lowest BCUT2D eigenvalue weighted by Gasteiger charge is -2.17. The number of nitrogens with zero attached hydrogens (tertiary/aromatic N) is 1. The quantitative estimate of drug-likeness (QED) is 0.791. The number of hydrogen-bond acceptors (Lipinski definition) is 3. The number of aromatic nitrogens is 1. The smallest absolute Gasteiger partial charge is 0.262 e. The summed E-state index contributed by atoms with van der Waals surface area (Å²) in [5.74, 6) is 0.586. The number of ether oxygens (including phenoxy) is 1. The zero-order valence-corrected chi connectivity index (χ0v) is 13.4. The number of rotatable bonds is 5. The lowest BCUT2D eigenvalue weighted by molar-refractivity contribution is 0.101. The molecule has 1 heterocycles. The standard InChI is InChI=1S/C18H21NO3/c1-5-22-15-8-6-14(7-9-15)17-11-10-16(13(4)20)18(21)19(17)12(2)3/h6-12H,5H2,1-4H3. The van der Waals surface area contributed by atoms with Gasteiger partial charge in [0.05, 0.1) is 17.9 Å². The normalized spacial score (nSPS) is 10.8. The Hall–Kier alpha value is -2.36. The van der Waals surface area contributed by atoms with Gasteiger partial charge in [-0.25, -0.2) is 0 Å². The van der Waals surface area contributed by atoms with Crippen molar-refractivity contribution in [1.82, 2.24) is 4.57 Å². The van der Waals surface area contributed by atoms with E-state index in [-0.39, 0.29) is 22.9 Å². The molecule has 0 fully saturated rings. The van der Waals surface area contributed by atoms with Gasteiger partial charge in [0, 0.05) is 6.04 Å². The molecule has 0 N–H and O–H groups in total. The van der Waals surface area contributed by atoms with Gasteiger partial charge >= 0.3 is 0 Å². The molecule has 1 aromatic carbocycles. The second kappa shape index (κ2) is 6.60. The highest BCUT2D eigenvalue weighted by Crippen LogP contribution is 2.24. The maximum Gasteiger partial charge on any atom is 0.262 e. The second-order valence-electron chi connectivity index (χ2n) is 5.41. The summed E-state index contributed by atoms with van der Waals surface area (Å²) in [6, 6.07) is 11.0. The Morgan fingerprint density at radius 1 is 1.14 bits per heavy atom. The molecule has 116 valence electrons. The van der Waals surface area contributed by atoms with Gasteiger partial charge in [-0.05, 0) is 69.7 Å². The van der Waals surface area contributed by atoms with E-state index >= 15 is 0 Å². The van der Waals surface area contributed by atoms with E-state index in [0.29, 0.717) is 6.61 Å². The van der Waals surface area contributed by atoms with Gasteiger partial charge in [0.1, 0.15) is 5.75 Å². The molecule has 2 rings (SSSR count). The molecule has 0 saturated carbocycles. The molecule has 4 nitrogen and oxygen atoms in total. The molecule has 2 aromatic rings. The van der Waals surface area contributed by atoms with E-state index in [1.54, 1.807) is 10.6 Å². The predicted molar refractivity (Wildman–Crippen MR) is 87.7 cm³/mol. The molecule has 0 aliphatic rings. The average molecular weight is 299 g/mol. The molecule has 0 spiro atoms. The third-order valence-electron chi connectivity index (χ3n) is 3.47. The maximum atomic E-state index is 12.5. The van der Waals surface area contributed by atoms with Gasteiger partial charge < -0.3 is 9.30 Å². The molecule has 0 amide bonds. The van der Waals surface area contributed by atoms with Crippen molar-refractivity contribution in [3.05, 3.63) is 52.3 Å². The number of Topliss-reactive ketones (excluding diaryl/α,β-unsaturated/α-hetero) is 1. The number of carbonyl (C=O) groups excluding carboxylic acids is 1. The van der Waals surface area contributed by atoms with E-state index in [1.165, 1.54) is 6.92 Å². The lowest BCUT2D eigenvalue weighted by atomic mass is 10.1. The fourth-order valence-corrected chi connectivity index (χ4v) is 2.46. The van der Waals surface area contributed by atoms with Crippen molar-refractivity contribution >= 4 is 5.78 Å². The SMILES string of the molecule is CCOc1ccc(-c2ccc(C(C)=O)c(=O)n2C(C)C)cc1. The van der Waals surface area contributed by atoms with Crippen LogP contribution in [0, 0.1) is 0 Å². The first-order valence-electron chi connectivity index (χ1n) is 7.45. The van der Waals surface area contributed by atoms with E-state index in [0.717, 1.165) is 17.0 Å². The van der Waals surface area contributed by atoms with Gasteiger partial charge in [-0.2, -0.15) is 0 Å². The van der Waals surface area contributed by atoms with Crippen LogP contribution < -0.4 is 10.3 Å². The van der Waals surface area contributed by atoms with Gasteiger partial charge in [-0.15, -0.1) is 0 Å². The summed E-state index contributed by atoms with van der Waals surface area (Å²) in [6.45, 7) is 7.83. The van der Waals surface area contributed by atoms with Gasteiger partial charge in [0.15, 0.2) is 5.78 Å². The Morgan fingerprint density at radius 3 is 2.27 bits per heavy atom. The minimum Gasteiger partial charge on any atom is -0.494 e. The third kappa shape index (κ3) is 3.11. The number of hydrogen-bond donors (Lipinski definition) is 0. The molecule has 4 heteroatoms. The Morgan fingerprint density at radius 2 is 1.77 bits per heavy atom. The zero-order valence-electron chi connectivity index (χ0n) is 13.4. The fourth-order valence-electron chi connectivity index (χ4n) is 2.46. The van der Waals surface area contributed by atoms with Crippen LogP contribution in [0.5, 0.6) is 5.75 Å². The molecule has 0 unspecified atom stereocenters. The van der Waals surface area contributed by atoms with Crippen LogP contribution in [-0.2, 0) is 0 Å². The summed E-state index contributed by atoms with van der Waals surface area (Å²) >= 11 is 0. The first-order valence-corrected chi connectivity index (χ1v) is 7.45. The molecule has 0 radical (unpaired) electrons. The summed E-state index contributed by atoms with van der Waals surface area (Å²) in [5.41, 5.74) is 1.70. The zero-order chi connectivity index (χ0) is 16.3. The highest BCUT2D eigenvalue weighted by molar-refractivity contribution is 5.94. The minimum absolute atomic E-state index is 0.0339. The van der Waals surface area contributed by atoms with Gasteiger partial charge in [-0.3, -0.25) is 9.59 Å². The van der Waals surface area contributed by atoms with Crippen molar-refractivity contribution in [2.75, 3.05) is 6.61 Å². The van der Waals surface area contributed by atoms with Crippen LogP contribution in [0.4, 0.5) is 0 Å². The molecule has 22 heavy (non-hydrogen) atoms. The maximum absolute atomic E-state index is 12.5. The number of carbonyl (C=O) groups is 1. The van der Waals surface area contributed by atoms with Crippen molar-refractivity contribution in [2.24, 2.45) is 0 Å². The molecule has 0 bridgehead atoms. The van der Waals surface area contributed by atoms with Crippen molar-refractivity contribution in [3.8, 4) is 17.0 Å². The first-order chi connectivity index (χ1) is 10.5. The van der Waals surface area contributed by atoms with Crippen molar-refractivity contribution in [2.45, 2.75) is 33.7 Å². The van der Waals surface area contributed by atoms with Gasteiger partial charge in [0.25, 0.3) is 5.56 Å². The molecule has 0 saturated heterocycles. The highest BCUT2D eigenvalue weighted by atomic mass is 16.5. The molecule has 0 aliphatic heterocycles. The van der Waals surface area contributed by atoms with E-state index in [2.05, 4.69) is 0 Å². The van der Waals surface area contributed by atoms with Crippen LogP contribution in [0.2, 0.25) is 0 Å². The molecular formula is C18H21NO3. The van der Waals surface area contributed by atoms with E-state index in [4.69, 9.17) is 4.74 Å². The molecular weight excluding hydrogens is 278 g/mol. The summed E-state index contributed by atoms with van der Waals surface area (Å²) in [6.07, 6.45) is 0. The molecule has 0 atom stereocenters. The Bertz CT molecular complexity index is 727. The van der Waals surface area contributed by atoms with Crippen LogP contribution in [0.1, 0.15) is 44.1 Å². The van der Waals surface area contributed by atoms with Crippen molar-refractivity contribution in [3.63, 3.8) is 0 Å². The molecule has 1 aromatic heterocycles. The highest BCUT2D eigenvalue weighted by Gasteiger charge is 2.15. The topological polar surface area (TPSA) is 48.3 Å². The van der Waals surface area contributed by atoms with Crippen LogP contribution in [-0.4, -0.2) is 17.0 Å². The first kappa shape index (κ1) is 16.0. The number of ketones is 1. The largest absolute Gasteiger partial charge is 0.494 e. The Kier molecular flexibility index (Phi) is 4.81. The Labute approximate surface area is 130 Å². The lowest BCUT2D eigenvalue weighted by Crippen LogP contribution is -2.28. The third-order valence-corrected chi connectivity index (χ3v) is 3.47. The monoisotopic (exact) mass is 299 g/mol. The van der Waals surface area contributed by atoms with Gasteiger partial charge in [-0.1, -0.05) is 0 Å². The van der Waals surface area contributed by atoms with E-state index in [9.17, 15) is 9.59 Å². The van der Waals surface area contributed by atoms with Crippen LogP contribution in [0.15, 0.2) is 41.2 Å². The summed E-state index contributed by atoms with van der Waals surface area (Å²) in [4.78, 5) is 24.1. The fraction of sp³-hybridized carbons (Fsp3) is 0.333. The van der Waals surface area contributed by atoms with Crippen LogP contribution >= 0.6 is 0 Å². The summed E-state index contributed by atoms with van der Waals surface area (Å²) < 4.78 is 7.09. The van der Waals surface area contributed by atoms with Crippen molar-refractivity contribution < 1.29 is 9.53 Å². The van der Waals surface area contributed by atoms with Crippen molar-refractivity contribution in [1.29, 1.82) is 0 Å². The van der Waals surface area contributed by atoms with Crippen LogP contribution in [0.3, 0.4) is 0 Å². The van der Waals surface area contributed by atoms with Gasteiger partial charge in [0.2, 0.25) is 0 Å².